The van der Waals surface area contributed by atoms with Gasteiger partial charge in [-0.25, -0.2) is 0 Å². The number of aromatic nitrogens is 1. The minimum absolute atomic E-state index is 0.0659. The van der Waals surface area contributed by atoms with Crippen molar-refractivity contribution >= 4 is 17.4 Å². The average Bonchev–Trinajstić information content (AvgIpc) is 3.18. The zero-order chi connectivity index (χ0) is 26.6. The Morgan fingerprint density at radius 3 is 2.32 bits per heavy atom. The number of carbonyl (C=O) groups excluding carboxylic acids is 2. The highest BCUT2D eigenvalue weighted by Crippen LogP contribution is 2.40. The van der Waals surface area contributed by atoms with Crippen LogP contribution in [0.1, 0.15) is 39.4 Å². The number of likely N-dealkylation sites (tertiary alicyclic amines) is 1. The molecule has 3 aromatic carbocycles. The van der Waals surface area contributed by atoms with E-state index in [9.17, 15) is 14.7 Å². The summed E-state index contributed by atoms with van der Waals surface area (Å²) in [5.74, 6) is -0.946. The number of aliphatic hydroxyl groups is 1. The summed E-state index contributed by atoms with van der Waals surface area (Å²) in [6, 6.07) is 25.5. The van der Waals surface area contributed by atoms with Crippen LogP contribution in [0.15, 0.2) is 103 Å². The summed E-state index contributed by atoms with van der Waals surface area (Å²) in [7, 11) is 0. The summed E-state index contributed by atoms with van der Waals surface area (Å²) in [5, 5.41) is 11.3. The highest BCUT2D eigenvalue weighted by atomic mass is 16.5. The lowest BCUT2D eigenvalue weighted by molar-refractivity contribution is -0.140. The molecule has 1 aliphatic rings. The topological polar surface area (TPSA) is 79.7 Å². The fourth-order valence-corrected chi connectivity index (χ4v) is 4.66. The first-order valence-corrected chi connectivity index (χ1v) is 12.4. The molecule has 2 heterocycles. The van der Waals surface area contributed by atoms with Gasteiger partial charge >= 0.3 is 0 Å². The van der Waals surface area contributed by atoms with E-state index in [2.05, 4.69) is 11.1 Å². The van der Waals surface area contributed by atoms with Gasteiger partial charge in [0.15, 0.2) is 0 Å². The van der Waals surface area contributed by atoms with Crippen molar-refractivity contribution in [1.82, 2.24) is 9.88 Å². The Balaban J connectivity index is 1.47. The predicted molar refractivity (Wildman–Crippen MR) is 145 cm³/mol. The molecule has 190 valence electrons. The number of Topliss-reactive ketones (excluding diaryl/α,β-unsaturated/α-hetero) is 1. The maximum atomic E-state index is 13.3. The lowest BCUT2D eigenvalue weighted by atomic mass is 9.94. The molecule has 1 N–H and O–H groups in total. The summed E-state index contributed by atoms with van der Waals surface area (Å²) < 4.78 is 5.90. The van der Waals surface area contributed by atoms with Crippen molar-refractivity contribution in [3.63, 3.8) is 0 Å². The van der Waals surface area contributed by atoms with E-state index < -0.39 is 17.7 Å². The number of hydrogen-bond donors (Lipinski definition) is 1. The van der Waals surface area contributed by atoms with Crippen LogP contribution < -0.4 is 4.74 Å². The molecular formula is C32H28N2O4. The fourth-order valence-electron chi connectivity index (χ4n) is 4.66. The highest BCUT2D eigenvalue weighted by molar-refractivity contribution is 6.46. The number of aryl methyl sites for hydroxylation is 2. The zero-order valence-corrected chi connectivity index (χ0v) is 21.3. The molecule has 0 aliphatic carbocycles. The van der Waals surface area contributed by atoms with Gasteiger partial charge in [0.05, 0.1) is 11.6 Å². The van der Waals surface area contributed by atoms with Crippen LogP contribution in [0.5, 0.6) is 5.75 Å². The first-order valence-electron chi connectivity index (χ1n) is 12.4. The molecule has 5 rings (SSSR count). The number of hydrogen-bond acceptors (Lipinski definition) is 5. The zero-order valence-electron chi connectivity index (χ0n) is 21.3. The van der Waals surface area contributed by atoms with Crippen molar-refractivity contribution in [2.75, 3.05) is 0 Å². The molecule has 1 atom stereocenters. The van der Waals surface area contributed by atoms with Crippen LogP contribution in [0, 0.1) is 13.8 Å². The molecule has 1 aromatic heterocycles. The second kappa shape index (κ2) is 10.7. The molecule has 6 heteroatoms. The smallest absolute Gasteiger partial charge is 0.295 e. The van der Waals surface area contributed by atoms with Gasteiger partial charge < -0.3 is 14.7 Å². The number of carbonyl (C=O) groups is 2. The van der Waals surface area contributed by atoms with Crippen molar-refractivity contribution in [3.05, 3.63) is 136 Å². The molecule has 1 amide bonds. The number of rotatable bonds is 7. The molecular weight excluding hydrogens is 476 g/mol. The van der Waals surface area contributed by atoms with Crippen molar-refractivity contribution in [1.29, 1.82) is 0 Å². The Kier molecular flexibility index (Phi) is 7.05. The fraction of sp³-hybridized carbons (Fsp3) is 0.156. The number of nitrogens with zero attached hydrogens (tertiary/aromatic N) is 2. The van der Waals surface area contributed by atoms with Crippen LogP contribution in [-0.2, 0) is 22.7 Å². The molecule has 0 saturated carbocycles. The maximum Gasteiger partial charge on any atom is 0.295 e. The molecule has 0 bridgehead atoms. The molecule has 0 spiro atoms. The summed E-state index contributed by atoms with van der Waals surface area (Å²) in [5.41, 5.74) is 5.32. The van der Waals surface area contributed by atoms with Gasteiger partial charge in [0.2, 0.25) is 0 Å². The van der Waals surface area contributed by atoms with Gasteiger partial charge in [-0.2, -0.15) is 0 Å². The normalized spacial score (nSPS) is 16.6. The van der Waals surface area contributed by atoms with Gasteiger partial charge in [-0.05, 0) is 60.9 Å². The monoisotopic (exact) mass is 504 g/mol. The van der Waals surface area contributed by atoms with Gasteiger partial charge in [-0.3, -0.25) is 14.6 Å². The third kappa shape index (κ3) is 5.20. The van der Waals surface area contributed by atoms with Crippen LogP contribution in [0.25, 0.3) is 5.76 Å². The SMILES string of the molecule is Cc1ccc([C@@H]2C(=C(O)c3ccc(OCc4cccc(C)c4)cc3)C(=O)C(=O)N2Cc2cccnc2)cc1. The van der Waals surface area contributed by atoms with Crippen LogP contribution in [-0.4, -0.2) is 26.7 Å². The van der Waals surface area contributed by atoms with E-state index in [4.69, 9.17) is 4.74 Å². The Morgan fingerprint density at radius 2 is 1.63 bits per heavy atom. The van der Waals surface area contributed by atoms with Crippen molar-refractivity contribution in [3.8, 4) is 5.75 Å². The number of ether oxygens (including phenoxy) is 1. The number of amides is 1. The minimum atomic E-state index is -0.729. The molecule has 1 fully saturated rings. The van der Waals surface area contributed by atoms with Crippen LogP contribution in [0.3, 0.4) is 0 Å². The van der Waals surface area contributed by atoms with E-state index in [1.807, 2.05) is 62.4 Å². The van der Waals surface area contributed by atoms with Crippen LogP contribution in [0.4, 0.5) is 0 Å². The van der Waals surface area contributed by atoms with Gasteiger partial charge in [0.25, 0.3) is 11.7 Å². The summed E-state index contributed by atoms with van der Waals surface area (Å²) in [4.78, 5) is 32.1. The number of aliphatic hydroxyl groups excluding tert-OH is 1. The molecule has 4 aromatic rings. The van der Waals surface area contributed by atoms with Gasteiger partial charge in [0, 0.05) is 24.5 Å². The van der Waals surface area contributed by atoms with Crippen molar-refractivity contribution in [2.24, 2.45) is 0 Å². The largest absolute Gasteiger partial charge is 0.507 e. The first kappa shape index (κ1) is 25.0. The Bertz CT molecular complexity index is 1490. The Hall–Kier alpha value is -4.71. The first-order chi connectivity index (χ1) is 18.4. The second-order valence-electron chi connectivity index (χ2n) is 9.50. The summed E-state index contributed by atoms with van der Waals surface area (Å²) >= 11 is 0. The summed E-state index contributed by atoms with van der Waals surface area (Å²) in [6.45, 7) is 4.61. The van der Waals surface area contributed by atoms with Gasteiger partial charge in [0.1, 0.15) is 18.1 Å². The number of benzene rings is 3. The quantitative estimate of drug-likeness (QED) is 0.193. The molecule has 0 radical (unpaired) electrons. The standard InChI is InChI=1S/C32H28N2O4/c1-21-8-10-25(11-9-21)29-28(31(36)32(37)34(29)19-24-7-4-16-33-18-24)30(35)26-12-14-27(15-13-26)38-20-23-6-3-5-22(2)17-23/h3-18,29,35H,19-20H2,1-2H3/t29-/m1/s1. The van der Waals surface area contributed by atoms with E-state index in [1.165, 1.54) is 4.90 Å². The molecule has 38 heavy (non-hydrogen) atoms. The summed E-state index contributed by atoms with van der Waals surface area (Å²) in [6.07, 6.45) is 3.32. The average molecular weight is 505 g/mol. The minimum Gasteiger partial charge on any atom is -0.507 e. The third-order valence-electron chi connectivity index (χ3n) is 6.62. The van der Waals surface area contributed by atoms with Crippen LogP contribution >= 0.6 is 0 Å². The van der Waals surface area contributed by atoms with Crippen molar-refractivity contribution in [2.45, 2.75) is 33.0 Å². The third-order valence-corrected chi connectivity index (χ3v) is 6.62. The second-order valence-corrected chi connectivity index (χ2v) is 9.50. The molecule has 1 aliphatic heterocycles. The van der Waals surface area contributed by atoms with E-state index in [1.54, 1.807) is 42.7 Å². The van der Waals surface area contributed by atoms with Gasteiger partial charge in [-0.15, -0.1) is 0 Å². The highest BCUT2D eigenvalue weighted by Gasteiger charge is 2.46. The van der Waals surface area contributed by atoms with Crippen LogP contribution in [0.2, 0.25) is 0 Å². The Labute approximate surface area is 221 Å². The van der Waals surface area contributed by atoms with Crippen molar-refractivity contribution < 1.29 is 19.4 Å². The number of ketones is 1. The molecule has 0 unspecified atom stereocenters. The Morgan fingerprint density at radius 1 is 0.895 bits per heavy atom. The van der Waals surface area contributed by atoms with E-state index in [-0.39, 0.29) is 17.9 Å². The lowest BCUT2D eigenvalue weighted by Crippen LogP contribution is -2.29. The number of pyridine rings is 1. The lowest BCUT2D eigenvalue weighted by Gasteiger charge is -2.25. The van der Waals surface area contributed by atoms with E-state index in [0.29, 0.717) is 17.9 Å². The molecule has 1 saturated heterocycles. The van der Waals surface area contributed by atoms with E-state index in [0.717, 1.165) is 27.8 Å². The van der Waals surface area contributed by atoms with E-state index >= 15 is 0 Å². The molecule has 6 nitrogen and oxygen atoms in total. The predicted octanol–water partition coefficient (Wildman–Crippen LogP) is 5.90. The van der Waals surface area contributed by atoms with Gasteiger partial charge in [-0.1, -0.05) is 65.7 Å². The maximum absolute atomic E-state index is 13.3.